The Kier molecular flexibility index (Phi) is 1.80. The third kappa shape index (κ3) is 1.17. The van der Waals surface area contributed by atoms with Gasteiger partial charge < -0.3 is 10.5 Å². The second-order valence-electron chi connectivity index (χ2n) is 3.25. The first-order chi connectivity index (χ1) is 6.59. The van der Waals surface area contributed by atoms with Crippen LogP contribution in [-0.2, 0) is 4.79 Å². The number of anilines is 2. The monoisotopic (exact) mass is 193 g/mol. The van der Waals surface area contributed by atoms with E-state index in [9.17, 15) is 4.79 Å². The molecule has 0 fully saturated rings. The van der Waals surface area contributed by atoms with Crippen LogP contribution >= 0.6 is 0 Å². The van der Waals surface area contributed by atoms with Gasteiger partial charge in [0.2, 0.25) is 0 Å². The van der Waals surface area contributed by atoms with Gasteiger partial charge in [0.1, 0.15) is 0 Å². The normalized spacial score (nSPS) is 20.3. The van der Waals surface area contributed by atoms with E-state index in [0.29, 0.717) is 17.3 Å². The number of carbonyl (C=O) groups is 1. The van der Waals surface area contributed by atoms with Crippen LogP contribution in [-0.4, -0.2) is 24.0 Å². The van der Waals surface area contributed by atoms with E-state index in [4.69, 9.17) is 10.5 Å². The van der Waals surface area contributed by atoms with E-state index in [1.165, 1.54) is 11.1 Å². The minimum Gasteiger partial charge on any atom is -0.477 e. The van der Waals surface area contributed by atoms with E-state index < -0.39 is 6.10 Å². The SMILES string of the molecule is CC1Oc2cc(N)cnc2N(C)C1=O. The Balaban J connectivity index is 2.50. The van der Waals surface area contributed by atoms with Gasteiger partial charge >= 0.3 is 0 Å². The fraction of sp³-hybridized carbons (Fsp3) is 0.333. The number of nitrogens with two attached hydrogens (primary N) is 1. The van der Waals surface area contributed by atoms with Crippen molar-refractivity contribution in [2.75, 3.05) is 17.7 Å². The summed E-state index contributed by atoms with van der Waals surface area (Å²) in [7, 11) is 1.67. The summed E-state index contributed by atoms with van der Waals surface area (Å²) < 4.78 is 5.36. The summed E-state index contributed by atoms with van der Waals surface area (Å²) >= 11 is 0. The van der Waals surface area contributed by atoms with Gasteiger partial charge in [-0.2, -0.15) is 0 Å². The Morgan fingerprint density at radius 3 is 3.07 bits per heavy atom. The predicted molar refractivity (Wildman–Crippen MR) is 52.1 cm³/mol. The standard InChI is InChI=1S/C9H11N3O2/c1-5-9(13)12(2)8-7(14-5)3-6(10)4-11-8/h3-5H,10H2,1-2H3. The van der Waals surface area contributed by atoms with Crippen LogP contribution in [0.25, 0.3) is 0 Å². The van der Waals surface area contributed by atoms with Crippen molar-refractivity contribution in [3.05, 3.63) is 12.3 Å². The van der Waals surface area contributed by atoms with Crippen molar-refractivity contribution in [3.8, 4) is 5.75 Å². The van der Waals surface area contributed by atoms with Crippen LogP contribution in [0.2, 0.25) is 0 Å². The maximum atomic E-state index is 11.5. The molecule has 5 nitrogen and oxygen atoms in total. The summed E-state index contributed by atoms with van der Waals surface area (Å²) in [5.74, 6) is 0.969. The molecule has 74 valence electrons. The zero-order valence-electron chi connectivity index (χ0n) is 8.02. The lowest BCUT2D eigenvalue weighted by atomic mass is 10.2. The number of carbonyl (C=O) groups excluding carboxylic acids is 1. The Bertz CT molecular complexity index is 392. The number of amides is 1. The van der Waals surface area contributed by atoms with Crippen molar-refractivity contribution in [1.82, 2.24) is 4.98 Å². The number of aromatic nitrogens is 1. The molecular weight excluding hydrogens is 182 g/mol. The van der Waals surface area contributed by atoms with Crippen molar-refractivity contribution in [3.63, 3.8) is 0 Å². The highest BCUT2D eigenvalue weighted by atomic mass is 16.5. The van der Waals surface area contributed by atoms with Crippen LogP contribution < -0.4 is 15.4 Å². The second-order valence-corrected chi connectivity index (χ2v) is 3.25. The van der Waals surface area contributed by atoms with Gasteiger partial charge in [-0.1, -0.05) is 0 Å². The largest absolute Gasteiger partial charge is 0.477 e. The number of hydrogen-bond acceptors (Lipinski definition) is 4. The first-order valence-corrected chi connectivity index (χ1v) is 4.29. The Labute approximate surface area is 81.5 Å². The molecule has 1 aromatic heterocycles. The number of ether oxygens (including phenoxy) is 1. The molecule has 1 unspecified atom stereocenters. The number of rotatable bonds is 0. The van der Waals surface area contributed by atoms with Gasteiger partial charge in [0.15, 0.2) is 17.7 Å². The topological polar surface area (TPSA) is 68.5 Å². The predicted octanol–water partition coefficient (Wildman–Crippen LogP) is 0.407. The van der Waals surface area contributed by atoms with Crippen molar-refractivity contribution < 1.29 is 9.53 Å². The van der Waals surface area contributed by atoms with Crippen LogP contribution in [0.1, 0.15) is 6.92 Å². The van der Waals surface area contributed by atoms with Crippen LogP contribution in [0.5, 0.6) is 5.75 Å². The Morgan fingerprint density at radius 2 is 2.36 bits per heavy atom. The molecule has 0 saturated heterocycles. The van der Waals surface area contributed by atoms with Crippen LogP contribution in [0.4, 0.5) is 11.5 Å². The summed E-state index contributed by atoms with van der Waals surface area (Å²) in [6.07, 6.45) is 1.03. The Morgan fingerprint density at radius 1 is 1.64 bits per heavy atom. The number of nitrogen functional groups attached to an aromatic ring is 1. The zero-order valence-corrected chi connectivity index (χ0v) is 8.02. The average molecular weight is 193 g/mol. The highest BCUT2D eigenvalue weighted by Gasteiger charge is 2.29. The van der Waals surface area contributed by atoms with Gasteiger partial charge in [0.05, 0.1) is 11.9 Å². The van der Waals surface area contributed by atoms with Gasteiger partial charge in [-0.15, -0.1) is 0 Å². The van der Waals surface area contributed by atoms with Crippen molar-refractivity contribution >= 4 is 17.4 Å². The highest BCUT2D eigenvalue weighted by Crippen LogP contribution is 2.31. The molecule has 2 rings (SSSR count). The lowest BCUT2D eigenvalue weighted by Crippen LogP contribution is -2.42. The lowest BCUT2D eigenvalue weighted by molar-refractivity contribution is -0.125. The van der Waals surface area contributed by atoms with Crippen molar-refractivity contribution in [2.24, 2.45) is 0 Å². The molecule has 1 aromatic rings. The van der Waals surface area contributed by atoms with Gasteiger partial charge in [-0.05, 0) is 6.92 Å². The molecule has 2 N–H and O–H groups in total. The van der Waals surface area contributed by atoms with E-state index in [0.717, 1.165) is 0 Å². The molecule has 0 aliphatic carbocycles. The van der Waals surface area contributed by atoms with Gasteiger partial charge in [0, 0.05) is 13.1 Å². The summed E-state index contributed by atoms with van der Waals surface area (Å²) in [6.45, 7) is 1.70. The molecule has 5 heteroatoms. The summed E-state index contributed by atoms with van der Waals surface area (Å²) in [4.78, 5) is 17.0. The number of likely N-dealkylation sites (N-methyl/N-ethyl adjacent to an activating group) is 1. The molecule has 0 saturated carbocycles. The van der Waals surface area contributed by atoms with E-state index in [-0.39, 0.29) is 5.91 Å². The maximum Gasteiger partial charge on any atom is 0.268 e. The fourth-order valence-electron chi connectivity index (χ4n) is 1.41. The summed E-state index contributed by atoms with van der Waals surface area (Å²) in [5.41, 5.74) is 6.09. The molecule has 2 heterocycles. The molecule has 0 aromatic carbocycles. The van der Waals surface area contributed by atoms with Gasteiger partial charge in [0.25, 0.3) is 5.91 Å². The minimum atomic E-state index is -0.476. The molecule has 1 aliphatic heterocycles. The van der Waals surface area contributed by atoms with Crippen LogP contribution in [0.3, 0.4) is 0 Å². The zero-order chi connectivity index (χ0) is 10.3. The smallest absolute Gasteiger partial charge is 0.268 e. The maximum absolute atomic E-state index is 11.5. The van der Waals surface area contributed by atoms with E-state index in [1.807, 2.05) is 0 Å². The number of fused-ring (bicyclic) bond motifs is 1. The van der Waals surface area contributed by atoms with Crippen molar-refractivity contribution in [2.45, 2.75) is 13.0 Å². The molecule has 1 atom stereocenters. The molecule has 0 spiro atoms. The van der Waals surface area contributed by atoms with Crippen molar-refractivity contribution in [1.29, 1.82) is 0 Å². The van der Waals surface area contributed by atoms with Crippen LogP contribution in [0.15, 0.2) is 12.3 Å². The number of pyridine rings is 1. The molecule has 14 heavy (non-hydrogen) atoms. The molecular formula is C9H11N3O2. The third-order valence-corrected chi connectivity index (χ3v) is 2.15. The number of nitrogens with zero attached hydrogens (tertiary/aromatic N) is 2. The third-order valence-electron chi connectivity index (χ3n) is 2.15. The summed E-state index contributed by atoms with van der Waals surface area (Å²) in [6, 6.07) is 1.67. The molecule has 0 radical (unpaired) electrons. The van der Waals surface area contributed by atoms with E-state index >= 15 is 0 Å². The van der Waals surface area contributed by atoms with Gasteiger partial charge in [-0.25, -0.2) is 4.98 Å². The minimum absolute atomic E-state index is 0.102. The Hall–Kier alpha value is -1.78. The van der Waals surface area contributed by atoms with E-state index in [2.05, 4.69) is 4.98 Å². The highest BCUT2D eigenvalue weighted by molar-refractivity contribution is 5.98. The first-order valence-electron chi connectivity index (χ1n) is 4.29. The number of hydrogen-bond donors (Lipinski definition) is 1. The lowest BCUT2D eigenvalue weighted by Gasteiger charge is -2.28. The molecule has 0 bridgehead atoms. The average Bonchev–Trinajstić information content (AvgIpc) is 2.14. The second kappa shape index (κ2) is 2.87. The quantitative estimate of drug-likeness (QED) is 0.647. The molecule has 1 aliphatic rings. The van der Waals surface area contributed by atoms with E-state index in [1.54, 1.807) is 20.0 Å². The van der Waals surface area contributed by atoms with Gasteiger partial charge in [-0.3, -0.25) is 9.69 Å². The fourth-order valence-corrected chi connectivity index (χ4v) is 1.41. The summed E-state index contributed by atoms with van der Waals surface area (Å²) in [5, 5.41) is 0. The van der Waals surface area contributed by atoms with Crippen LogP contribution in [0, 0.1) is 0 Å². The first kappa shape index (κ1) is 8.80. The molecule has 1 amide bonds.